The molecule has 148 valence electrons. The Morgan fingerprint density at radius 3 is 2.50 bits per heavy atom. The van der Waals surface area contributed by atoms with Crippen molar-refractivity contribution in [2.75, 3.05) is 13.7 Å². The molecule has 0 saturated carbocycles. The first-order valence-electron chi connectivity index (χ1n) is 8.35. The Labute approximate surface area is 166 Å². The summed E-state index contributed by atoms with van der Waals surface area (Å²) < 4.78 is 58.8. The van der Waals surface area contributed by atoms with Crippen molar-refractivity contribution in [3.05, 3.63) is 64.7 Å². The first-order valence-corrected chi connectivity index (χ1v) is 10.7. The number of thiazole rings is 1. The molecule has 0 spiro atoms. The monoisotopic (exact) mass is 424 g/mol. The van der Waals surface area contributed by atoms with E-state index in [4.69, 9.17) is 4.74 Å². The van der Waals surface area contributed by atoms with Crippen molar-refractivity contribution in [1.82, 2.24) is 9.71 Å². The summed E-state index contributed by atoms with van der Waals surface area (Å²) in [6, 6.07) is 9.52. The van der Waals surface area contributed by atoms with Gasteiger partial charge >= 0.3 is 0 Å². The van der Waals surface area contributed by atoms with Gasteiger partial charge in [-0.15, -0.1) is 11.3 Å². The average molecular weight is 424 g/mol. The Hall–Kier alpha value is -2.36. The van der Waals surface area contributed by atoms with Crippen molar-refractivity contribution in [2.45, 2.75) is 18.2 Å². The maximum atomic E-state index is 13.8. The lowest BCUT2D eigenvalue weighted by molar-refractivity contribution is 0.385. The summed E-state index contributed by atoms with van der Waals surface area (Å²) in [7, 11) is -2.54. The number of hydrogen-bond acceptors (Lipinski definition) is 5. The maximum absolute atomic E-state index is 13.8. The number of aromatic nitrogens is 1. The molecule has 28 heavy (non-hydrogen) atoms. The number of sulfonamides is 1. The molecule has 0 saturated heterocycles. The molecule has 2 aromatic carbocycles. The highest BCUT2D eigenvalue weighted by Crippen LogP contribution is 2.28. The van der Waals surface area contributed by atoms with Crippen LogP contribution >= 0.6 is 11.3 Å². The molecule has 9 heteroatoms. The summed E-state index contributed by atoms with van der Waals surface area (Å²) in [6.07, 6.45) is 0.433. The number of halogens is 2. The van der Waals surface area contributed by atoms with Crippen LogP contribution in [0.15, 0.2) is 47.4 Å². The molecule has 1 aromatic heterocycles. The van der Waals surface area contributed by atoms with Crippen molar-refractivity contribution in [3.63, 3.8) is 0 Å². The molecular formula is C19H18F2N2O3S2. The smallest absolute Gasteiger partial charge is 0.240 e. The summed E-state index contributed by atoms with van der Waals surface area (Å²) in [5.41, 5.74) is 1.59. The molecule has 1 heterocycles. The van der Waals surface area contributed by atoms with Crippen LogP contribution in [0, 0.1) is 18.6 Å². The van der Waals surface area contributed by atoms with E-state index in [1.54, 1.807) is 12.1 Å². The summed E-state index contributed by atoms with van der Waals surface area (Å²) in [5.74, 6) is -1.08. The standard InChI is InChI=1S/C19H18F2N2O3S2/c1-12-18(27-19(23-12)13-3-5-14(20)6-4-13)9-10-22-28(24,25)15-7-8-17(26-2)16(21)11-15/h3-8,11,22H,9-10H2,1-2H3. The zero-order chi connectivity index (χ0) is 20.3. The van der Waals surface area contributed by atoms with Gasteiger partial charge in [-0.05, 0) is 55.8 Å². The van der Waals surface area contributed by atoms with E-state index in [9.17, 15) is 17.2 Å². The Morgan fingerprint density at radius 2 is 1.86 bits per heavy atom. The zero-order valence-corrected chi connectivity index (χ0v) is 16.8. The Balaban J connectivity index is 1.67. The van der Waals surface area contributed by atoms with Crippen LogP contribution in [-0.4, -0.2) is 27.1 Å². The predicted octanol–water partition coefficient (Wildman–Crippen LogP) is 3.93. The van der Waals surface area contributed by atoms with E-state index in [2.05, 4.69) is 9.71 Å². The highest BCUT2D eigenvalue weighted by molar-refractivity contribution is 7.89. The van der Waals surface area contributed by atoms with Crippen molar-refractivity contribution >= 4 is 21.4 Å². The van der Waals surface area contributed by atoms with Crippen LogP contribution in [0.25, 0.3) is 10.6 Å². The van der Waals surface area contributed by atoms with E-state index in [1.807, 2.05) is 6.92 Å². The van der Waals surface area contributed by atoms with E-state index >= 15 is 0 Å². The SMILES string of the molecule is COc1ccc(S(=O)(=O)NCCc2sc(-c3ccc(F)cc3)nc2C)cc1F. The largest absolute Gasteiger partial charge is 0.494 e. The second kappa shape index (κ2) is 8.34. The first-order chi connectivity index (χ1) is 13.3. The van der Waals surface area contributed by atoms with Crippen LogP contribution in [0.4, 0.5) is 8.78 Å². The minimum absolute atomic E-state index is 0.0208. The molecule has 0 aliphatic heterocycles. The molecule has 0 bridgehead atoms. The molecule has 5 nitrogen and oxygen atoms in total. The van der Waals surface area contributed by atoms with Crippen LogP contribution in [0.3, 0.4) is 0 Å². The lowest BCUT2D eigenvalue weighted by Gasteiger charge is -2.08. The van der Waals surface area contributed by atoms with Crippen molar-refractivity contribution < 1.29 is 21.9 Å². The predicted molar refractivity (Wildman–Crippen MR) is 104 cm³/mol. The van der Waals surface area contributed by atoms with Crippen LogP contribution < -0.4 is 9.46 Å². The minimum Gasteiger partial charge on any atom is -0.494 e. The van der Waals surface area contributed by atoms with Gasteiger partial charge < -0.3 is 4.74 Å². The third-order valence-electron chi connectivity index (χ3n) is 4.06. The molecule has 3 rings (SSSR count). The second-order valence-electron chi connectivity index (χ2n) is 5.98. The van der Waals surface area contributed by atoms with Gasteiger partial charge in [0.25, 0.3) is 0 Å². The molecule has 0 radical (unpaired) electrons. The van der Waals surface area contributed by atoms with Gasteiger partial charge in [0, 0.05) is 17.0 Å². The van der Waals surface area contributed by atoms with Gasteiger partial charge in [0.05, 0.1) is 17.7 Å². The fourth-order valence-electron chi connectivity index (χ4n) is 2.57. The van der Waals surface area contributed by atoms with Crippen molar-refractivity contribution in [1.29, 1.82) is 0 Å². The molecule has 0 unspecified atom stereocenters. The summed E-state index contributed by atoms with van der Waals surface area (Å²) in [6.45, 7) is 1.98. The molecule has 0 aliphatic rings. The molecule has 1 N–H and O–H groups in total. The van der Waals surface area contributed by atoms with Gasteiger partial charge in [-0.25, -0.2) is 26.9 Å². The second-order valence-corrected chi connectivity index (χ2v) is 8.83. The quantitative estimate of drug-likeness (QED) is 0.624. The maximum Gasteiger partial charge on any atom is 0.240 e. The highest BCUT2D eigenvalue weighted by atomic mass is 32.2. The number of nitrogens with one attached hydrogen (secondary N) is 1. The van der Waals surface area contributed by atoms with Gasteiger partial charge in [0.2, 0.25) is 10.0 Å². The Bertz CT molecular complexity index is 1080. The van der Waals surface area contributed by atoms with E-state index in [-0.39, 0.29) is 23.0 Å². The van der Waals surface area contributed by atoms with Crippen LogP contribution in [-0.2, 0) is 16.4 Å². The number of ether oxygens (including phenoxy) is 1. The fourth-order valence-corrected chi connectivity index (χ4v) is 4.68. The summed E-state index contributed by atoms with van der Waals surface area (Å²) >= 11 is 1.43. The van der Waals surface area contributed by atoms with Gasteiger partial charge in [-0.1, -0.05) is 0 Å². The normalized spacial score (nSPS) is 11.6. The van der Waals surface area contributed by atoms with Crippen LogP contribution in [0.1, 0.15) is 10.6 Å². The van der Waals surface area contributed by atoms with Gasteiger partial charge in [0.1, 0.15) is 10.8 Å². The minimum atomic E-state index is -3.84. The molecule has 0 amide bonds. The number of rotatable bonds is 7. The van der Waals surface area contributed by atoms with Crippen LogP contribution in [0.5, 0.6) is 5.75 Å². The van der Waals surface area contributed by atoms with Gasteiger partial charge in [0.15, 0.2) is 11.6 Å². The molecule has 0 fully saturated rings. The van der Waals surface area contributed by atoms with Crippen LogP contribution in [0.2, 0.25) is 0 Å². The number of methoxy groups -OCH3 is 1. The first kappa shape index (κ1) is 20.4. The van der Waals surface area contributed by atoms with E-state index < -0.39 is 15.8 Å². The third kappa shape index (κ3) is 4.54. The molecular weight excluding hydrogens is 406 g/mol. The summed E-state index contributed by atoms with van der Waals surface area (Å²) in [4.78, 5) is 5.22. The topological polar surface area (TPSA) is 68.3 Å². The van der Waals surface area contributed by atoms with Gasteiger partial charge in [-0.3, -0.25) is 0 Å². The Morgan fingerprint density at radius 1 is 1.14 bits per heavy atom. The van der Waals surface area contributed by atoms with Crippen molar-refractivity contribution in [3.8, 4) is 16.3 Å². The highest BCUT2D eigenvalue weighted by Gasteiger charge is 2.17. The fraction of sp³-hybridized carbons (Fsp3) is 0.211. The van der Waals surface area contributed by atoms with E-state index in [1.165, 1.54) is 42.7 Å². The Kier molecular flexibility index (Phi) is 6.07. The van der Waals surface area contributed by atoms with E-state index in [0.29, 0.717) is 6.42 Å². The number of aryl methyl sites for hydroxylation is 1. The molecule has 0 aliphatic carbocycles. The van der Waals surface area contributed by atoms with Crippen molar-refractivity contribution in [2.24, 2.45) is 0 Å². The lowest BCUT2D eigenvalue weighted by atomic mass is 10.2. The van der Waals surface area contributed by atoms with E-state index in [0.717, 1.165) is 27.2 Å². The van der Waals surface area contributed by atoms with Gasteiger partial charge in [-0.2, -0.15) is 0 Å². The summed E-state index contributed by atoms with van der Waals surface area (Å²) in [5, 5.41) is 0.743. The number of hydrogen-bond donors (Lipinski definition) is 1. The lowest BCUT2D eigenvalue weighted by Crippen LogP contribution is -2.26. The third-order valence-corrected chi connectivity index (χ3v) is 6.79. The number of nitrogens with zero attached hydrogens (tertiary/aromatic N) is 1. The molecule has 0 atom stereocenters. The number of benzene rings is 2. The average Bonchev–Trinajstić information content (AvgIpc) is 3.03. The molecule has 3 aromatic rings. The zero-order valence-electron chi connectivity index (χ0n) is 15.2.